The van der Waals surface area contributed by atoms with Gasteiger partial charge in [0, 0.05) is 12.8 Å². The summed E-state index contributed by atoms with van der Waals surface area (Å²) in [7, 11) is 0. The van der Waals surface area contributed by atoms with Gasteiger partial charge in [0.15, 0.2) is 11.6 Å². The van der Waals surface area contributed by atoms with Gasteiger partial charge in [0.25, 0.3) is 0 Å². The molecule has 0 radical (unpaired) electrons. The summed E-state index contributed by atoms with van der Waals surface area (Å²) in [4.78, 5) is 21.4. The maximum Gasteiger partial charge on any atom is 0.155 e. The quantitative estimate of drug-likeness (QED) is 0.645. The molecule has 0 aromatic heterocycles. The van der Waals surface area contributed by atoms with Crippen molar-refractivity contribution in [3.8, 4) is 0 Å². The van der Waals surface area contributed by atoms with Gasteiger partial charge in [-0.05, 0) is 38.8 Å². The molecule has 0 heterocycles. The summed E-state index contributed by atoms with van der Waals surface area (Å²) in [5.41, 5.74) is 2.34. The lowest BCUT2D eigenvalue weighted by Gasteiger charge is -1.91. The molecule has 18 heavy (non-hydrogen) atoms. The molecule has 0 aromatic rings. The molecular weight excluding hydrogens is 224 g/mol. The minimum absolute atomic E-state index is 0.231. The molecule has 104 valence electrons. The van der Waals surface area contributed by atoms with Gasteiger partial charge in [0.2, 0.25) is 0 Å². The van der Waals surface area contributed by atoms with Crippen molar-refractivity contribution in [2.75, 3.05) is 0 Å². The number of carbonyl (C=O) groups excluding carboxylic acids is 2. The van der Waals surface area contributed by atoms with Crippen LogP contribution in [-0.4, -0.2) is 11.6 Å². The summed E-state index contributed by atoms with van der Waals surface area (Å²) in [6.07, 6.45) is 6.64. The van der Waals surface area contributed by atoms with Crippen LogP contribution in [-0.2, 0) is 9.59 Å². The average Bonchev–Trinajstić information content (AvgIpc) is 2.38. The van der Waals surface area contributed by atoms with E-state index in [9.17, 15) is 9.59 Å². The zero-order valence-corrected chi connectivity index (χ0v) is 12.8. The normalized spacial score (nSPS) is 11.7. The van der Waals surface area contributed by atoms with Crippen molar-refractivity contribution in [2.24, 2.45) is 0 Å². The standard InChI is InChI=1S/2C8H14O/c2*1-4-7(3)6-8(9)5-2/h2*6H,4-5H2,1-3H3/b7-6+;7-6-. The summed E-state index contributed by atoms with van der Waals surface area (Å²) in [6.45, 7) is 11.8. The minimum atomic E-state index is 0.231. The van der Waals surface area contributed by atoms with E-state index in [4.69, 9.17) is 0 Å². The fourth-order valence-electron chi connectivity index (χ4n) is 0.958. The second kappa shape index (κ2) is 12.3. The molecular formula is C16H28O2. The summed E-state index contributed by atoms with van der Waals surface area (Å²) in [5, 5.41) is 0. The zero-order chi connectivity index (χ0) is 14.6. The Morgan fingerprint density at radius 2 is 0.944 bits per heavy atom. The maximum atomic E-state index is 10.7. The Morgan fingerprint density at radius 1 is 0.667 bits per heavy atom. The molecule has 0 aliphatic heterocycles. The first-order valence-electron chi connectivity index (χ1n) is 6.81. The summed E-state index contributed by atoms with van der Waals surface area (Å²) in [5.74, 6) is 0.462. The van der Waals surface area contributed by atoms with Crippen molar-refractivity contribution in [3.05, 3.63) is 23.3 Å². The molecule has 0 bridgehead atoms. The molecule has 0 fully saturated rings. The zero-order valence-electron chi connectivity index (χ0n) is 12.8. The van der Waals surface area contributed by atoms with Crippen LogP contribution in [0.3, 0.4) is 0 Å². The van der Waals surface area contributed by atoms with Crippen molar-refractivity contribution in [2.45, 2.75) is 67.2 Å². The van der Waals surface area contributed by atoms with Crippen LogP contribution in [0.4, 0.5) is 0 Å². The van der Waals surface area contributed by atoms with Gasteiger partial charge in [-0.3, -0.25) is 9.59 Å². The van der Waals surface area contributed by atoms with Crippen molar-refractivity contribution in [1.29, 1.82) is 0 Å². The van der Waals surface area contributed by atoms with Crippen LogP contribution in [0.25, 0.3) is 0 Å². The Bertz CT molecular complexity index is 277. The van der Waals surface area contributed by atoms with Crippen molar-refractivity contribution in [3.63, 3.8) is 0 Å². The molecule has 2 heteroatoms. The molecule has 0 aliphatic rings. The second-order valence-corrected chi connectivity index (χ2v) is 4.33. The third-order valence-electron chi connectivity index (χ3n) is 2.63. The highest BCUT2D eigenvalue weighted by Gasteiger charge is 1.91. The molecule has 0 saturated carbocycles. The van der Waals surface area contributed by atoms with E-state index in [1.54, 1.807) is 12.2 Å². The Hall–Kier alpha value is -1.18. The summed E-state index contributed by atoms with van der Waals surface area (Å²) >= 11 is 0. The number of hydrogen-bond acceptors (Lipinski definition) is 2. The van der Waals surface area contributed by atoms with E-state index in [-0.39, 0.29) is 11.6 Å². The van der Waals surface area contributed by atoms with Crippen LogP contribution in [0.1, 0.15) is 67.2 Å². The lowest BCUT2D eigenvalue weighted by Crippen LogP contribution is -1.89. The largest absolute Gasteiger partial charge is 0.295 e. The fourth-order valence-corrected chi connectivity index (χ4v) is 0.958. The molecule has 2 nitrogen and oxygen atoms in total. The highest BCUT2D eigenvalue weighted by molar-refractivity contribution is 5.90. The van der Waals surface area contributed by atoms with E-state index >= 15 is 0 Å². The van der Waals surface area contributed by atoms with Gasteiger partial charge >= 0.3 is 0 Å². The molecule has 0 saturated heterocycles. The lowest BCUT2D eigenvalue weighted by molar-refractivity contribution is -0.115. The fraction of sp³-hybridized carbons (Fsp3) is 0.625. The first-order chi connectivity index (χ1) is 8.40. The number of hydrogen-bond donors (Lipinski definition) is 0. The molecule has 0 spiro atoms. The first-order valence-corrected chi connectivity index (χ1v) is 6.81. The monoisotopic (exact) mass is 252 g/mol. The van der Waals surface area contributed by atoms with E-state index < -0.39 is 0 Å². The Morgan fingerprint density at radius 3 is 1.11 bits per heavy atom. The van der Waals surface area contributed by atoms with Gasteiger partial charge < -0.3 is 0 Å². The second-order valence-electron chi connectivity index (χ2n) is 4.33. The predicted octanol–water partition coefficient (Wildman–Crippen LogP) is 4.64. The van der Waals surface area contributed by atoms with Crippen molar-refractivity contribution < 1.29 is 9.59 Å². The average molecular weight is 252 g/mol. The highest BCUT2D eigenvalue weighted by atomic mass is 16.1. The van der Waals surface area contributed by atoms with E-state index in [0.717, 1.165) is 12.8 Å². The number of carbonyl (C=O) groups is 2. The number of allylic oxidation sites excluding steroid dienone is 4. The van der Waals surface area contributed by atoms with Gasteiger partial charge in [-0.15, -0.1) is 0 Å². The maximum absolute atomic E-state index is 10.7. The topological polar surface area (TPSA) is 34.1 Å². The predicted molar refractivity (Wildman–Crippen MR) is 78.7 cm³/mol. The van der Waals surface area contributed by atoms with E-state index in [1.807, 2.05) is 27.7 Å². The molecule has 0 N–H and O–H groups in total. The van der Waals surface area contributed by atoms with Crippen LogP contribution in [0.2, 0.25) is 0 Å². The van der Waals surface area contributed by atoms with Gasteiger partial charge in [0.1, 0.15) is 0 Å². The van der Waals surface area contributed by atoms with Crippen molar-refractivity contribution >= 4 is 11.6 Å². The van der Waals surface area contributed by atoms with Crippen LogP contribution in [0.5, 0.6) is 0 Å². The van der Waals surface area contributed by atoms with Gasteiger partial charge in [-0.1, -0.05) is 38.8 Å². The highest BCUT2D eigenvalue weighted by Crippen LogP contribution is 1.99. The first kappa shape index (κ1) is 19.2. The number of ketones is 2. The van der Waals surface area contributed by atoms with E-state index in [0.29, 0.717) is 12.8 Å². The van der Waals surface area contributed by atoms with Crippen LogP contribution >= 0.6 is 0 Å². The molecule has 0 unspecified atom stereocenters. The van der Waals surface area contributed by atoms with Gasteiger partial charge in [0.05, 0.1) is 0 Å². The third-order valence-corrected chi connectivity index (χ3v) is 2.63. The summed E-state index contributed by atoms with van der Waals surface area (Å²) in [6, 6.07) is 0. The van der Waals surface area contributed by atoms with Crippen LogP contribution < -0.4 is 0 Å². The Balaban J connectivity index is 0. The molecule has 0 amide bonds. The van der Waals surface area contributed by atoms with Gasteiger partial charge in [-0.2, -0.15) is 0 Å². The molecule has 0 aliphatic carbocycles. The van der Waals surface area contributed by atoms with E-state index in [2.05, 4.69) is 13.8 Å². The van der Waals surface area contributed by atoms with Crippen LogP contribution in [0.15, 0.2) is 23.3 Å². The Labute approximate surface area is 112 Å². The van der Waals surface area contributed by atoms with Gasteiger partial charge in [-0.25, -0.2) is 0 Å². The van der Waals surface area contributed by atoms with Crippen LogP contribution in [0, 0.1) is 0 Å². The Kier molecular flexibility index (Phi) is 13.1. The van der Waals surface area contributed by atoms with E-state index in [1.165, 1.54) is 11.1 Å². The SMILES string of the molecule is CCC(=O)/C=C(/C)CC.CCC(=O)/C=C(\C)CC. The van der Waals surface area contributed by atoms with Crippen molar-refractivity contribution in [1.82, 2.24) is 0 Å². The molecule has 0 atom stereocenters. The minimum Gasteiger partial charge on any atom is -0.295 e. The lowest BCUT2D eigenvalue weighted by atomic mass is 10.2. The third kappa shape index (κ3) is 12.9. The number of rotatable bonds is 6. The summed E-state index contributed by atoms with van der Waals surface area (Å²) < 4.78 is 0. The molecule has 0 rings (SSSR count). The smallest absolute Gasteiger partial charge is 0.155 e. The molecule has 0 aromatic carbocycles.